The molecule has 2 fully saturated rings. The molecule has 5 heteroatoms. The second-order valence-corrected chi connectivity index (χ2v) is 6.94. The first kappa shape index (κ1) is 18.2. The summed E-state index contributed by atoms with van der Waals surface area (Å²) in [6, 6.07) is 4.17. The Balaban J connectivity index is 0.00000192. The molecule has 0 bridgehead atoms. The van der Waals surface area contributed by atoms with Crippen molar-refractivity contribution in [1.82, 2.24) is 15.2 Å². The number of carbonyl (C=O) groups is 1. The van der Waals surface area contributed by atoms with Gasteiger partial charge in [0.05, 0.1) is 6.04 Å². The standard InChI is InChI=1S/C18H27N3O.ClH/c1-14-4-2-5-15(10-14)11-18(22)21-9-8-20-13-17(21)16-6-3-7-19-12-16;/h3,6-7,12,14-15,17,20H,2,4-5,8-11,13H2,1H3;1H. The number of nitrogens with zero attached hydrogens (tertiary/aromatic N) is 2. The van der Waals surface area contributed by atoms with Crippen molar-refractivity contribution in [3.8, 4) is 0 Å². The second kappa shape index (κ2) is 8.65. The van der Waals surface area contributed by atoms with Crippen molar-refractivity contribution in [2.24, 2.45) is 11.8 Å². The van der Waals surface area contributed by atoms with Crippen LogP contribution in [-0.2, 0) is 4.79 Å². The molecule has 1 N–H and O–H groups in total. The van der Waals surface area contributed by atoms with E-state index in [4.69, 9.17) is 0 Å². The van der Waals surface area contributed by atoms with Gasteiger partial charge in [0.1, 0.15) is 0 Å². The molecule has 128 valence electrons. The van der Waals surface area contributed by atoms with E-state index in [2.05, 4.69) is 28.2 Å². The van der Waals surface area contributed by atoms with Gasteiger partial charge in [0.25, 0.3) is 0 Å². The lowest BCUT2D eigenvalue weighted by atomic mass is 9.80. The summed E-state index contributed by atoms with van der Waals surface area (Å²) < 4.78 is 0. The van der Waals surface area contributed by atoms with Crippen molar-refractivity contribution in [2.45, 2.75) is 45.1 Å². The highest BCUT2D eigenvalue weighted by molar-refractivity contribution is 5.85. The summed E-state index contributed by atoms with van der Waals surface area (Å²) >= 11 is 0. The number of pyridine rings is 1. The normalized spacial score (nSPS) is 28.0. The van der Waals surface area contributed by atoms with Crippen LogP contribution in [0, 0.1) is 11.8 Å². The minimum absolute atomic E-state index is 0. The molecule has 3 unspecified atom stereocenters. The second-order valence-electron chi connectivity index (χ2n) is 6.94. The number of halogens is 1. The Labute approximate surface area is 145 Å². The maximum atomic E-state index is 12.8. The lowest BCUT2D eigenvalue weighted by molar-refractivity contribution is -0.136. The summed E-state index contributed by atoms with van der Waals surface area (Å²) in [5.41, 5.74) is 1.14. The molecule has 1 aromatic heterocycles. The van der Waals surface area contributed by atoms with E-state index in [9.17, 15) is 4.79 Å². The van der Waals surface area contributed by atoms with Crippen LogP contribution in [0.2, 0.25) is 0 Å². The van der Waals surface area contributed by atoms with Gasteiger partial charge < -0.3 is 10.2 Å². The topological polar surface area (TPSA) is 45.2 Å². The molecule has 1 aromatic rings. The van der Waals surface area contributed by atoms with E-state index in [0.717, 1.165) is 37.5 Å². The van der Waals surface area contributed by atoms with Gasteiger partial charge in [-0.2, -0.15) is 0 Å². The van der Waals surface area contributed by atoms with Crippen molar-refractivity contribution in [3.63, 3.8) is 0 Å². The van der Waals surface area contributed by atoms with Crippen molar-refractivity contribution >= 4 is 18.3 Å². The average Bonchev–Trinajstić information content (AvgIpc) is 2.56. The van der Waals surface area contributed by atoms with Gasteiger partial charge in [0, 0.05) is 38.4 Å². The van der Waals surface area contributed by atoms with Gasteiger partial charge in [0.15, 0.2) is 0 Å². The summed E-state index contributed by atoms with van der Waals surface area (Å²) in [6.07, 6.45) is 9.45. The average molecular weight is 338 g/mol. The SMILES string of the molecule is CC1CCCC(CC(=O)N2CCNCC2c2cccnc2)C1.Cl. The minimum atomic E-state index is 0. The van der Waals surface area contributed by atoms with Crippen LogP contribution in [0.15, 0.2) is 24.5 Å². The third-order valence-electron chi connectivity index (χ3n) is 5.14. The molecule has 0 radical (unpaired) electrons. The number of piperazine rings is 1. The first-order valence-corrected chi connectivity index (χ1v) is 8.64. The first-order chi connectivity index (χ1) is 10.7. The summed E-state index contributed by atoms with van der Waals surface area (Å²) in [7, 11) is 0. The molecule has 1 saturated carbocycles. The number of carbonyl (C=O) groups excluding carboxylic acids is 1. The number of amides is 1. The van der Waals surface area contributed by atoms with Crippen LogP contribution in [0.5, 0.6) is 0 Å². The van der Waals surface area contributed by atoms with Gasteiger partial charge in [-0.25, -0.2) is 0 Å². The van der Waals surface area contributed by atoms with E-state index < -0.39 is 0 Å². The van der Waals surface area contributed by atoms with Crippen LogP contribution in [-0.4, -0.2) is 35.4 Å². The highest BCUT2D eigenvalue weighted by atomic mass is 35.5. The zero-order chi connectivity index (χ0) is 15.4. The van der Waals surface area contributed by atoms with Crippen LogP contribution in [0.4, 0.5) is 0 Å². The highest BCUT2D eigenvalue weighted by Crippen LogP contribution is 2.32. The number of aromatic nitrogens is 1. The van der Waals surface area contributed by atoms with Gasteiger partial charge in [-0.3, -0.25) is 9.78 Å². The molecule has 4 nitrogen and oxygen atoms in total. The van der Waals surface area contributed by atoms with Gasteiger partial charge in [-0.1, -0.05) is 25.8 Å². The van der Waals surface area contributed by atoms with Crippen LogP contribution >= 0.6 is 12.4 Å². The number of hydrogen-bond acceptors (Lipinski definition) is 3. The van der Waals surface area contributed by atoms with Crippen molar-refractivity contribution < 1.29 is 4.79 Å². The molecule has 2 aliphatic rings. The fraction of sp³-hybridized carbons (Fsp3) is 0.667. The molecule has 0 spiro atoms. The van der Waals surface area contributed by atoms with E-state index in [-0.39, 0.29) is 18.4 Å². The Kier molecular flexibility index (Phi) is 6.85. The Morgan fingerprint density at radius 1 is 1.43 bits per heavy atom. The minimum Gasteiger partial charge on any atom is -0.333 e. The van der Waals surface area contributed by atoms with Gasteiger partial charge in [0.2, 0.25) is 5.91 Å². The molecule has 2 heterocycles. The summed E-state index contributed by atoms with van der Waals surface area (Å²) in [6.45, 7) is 4.85. The van der Waals surface area contributed by atoms with Gasteiger partial charge in [-0.15, -0.1) is 12.4 Å². The van der Waals surface area contributed by atoms with E-state index >= 15 is 0 Å². The number of rotatable bonds is 3. The quantitative estimate of drug-likeness (QED) is 0.921. The maximum Gasteiger partial charge on any atom is 0.223 e. The third-order valence-corrected chi connectivity index (χ3v) is 5.14. The molecular weight excluding hydrogens is 310 g/mol. The van der Waals surface area contributed by atoms with Gasteiger partial charge in [-0.05, 0) is 36.3 Å². The molecule has 1 aliphatic carbocycles. The lowest BCUT2D eigenvalue weighted by Gasteiger charge is -2.38. The van der Waals surface area contributed by atoms with Crippen LogP contribution in [0.25, 0.3) is 0 Å². The fourth-order valence-corrected chi connectivity index (χ4v) is 3.98. The fourth-order valence-electron chi connectivity index (χ4n) is 3.98. The molecule has 1 saturated heterocycles. The summed E-state index contributed by atoms with van der Waals surface area (Å²) in [4.78, 5) is 19.1. The monoisotopic (exact) mass is 337 g/mol. The van der Waals surface area contributed by atoms with Crippen molar-refractivity contribution in [3.05, 3.63) is 30.1 Å². The molecule has 1 aliphatic heterocycles. The van der Waals surface area contributed by atoms with Crippen LogP contribution in [0.1, 0.15) is 50.6 Å². The highest BCUT2D eigenvalue weighted by Gasteiger charge is 2.30. The Hall–Kier alpha value is -1.13. The van der Waals surface area contributed by atoms with Gasteiger partial charge >= 0.3 is 0 Å². The molecule has 3 rings (SSSR count). The van der Waals surface area contributed by atoms with Crippen LogP contribution in [0.3, 0.4) is 0 Å². The smallest absolute Gasteiger partial charge is 0.223 e. The summed E-state index contributed by atoms with van der Waals surface area (Å²) in [5, 5.41) is 3.41. The first-order valence-electron chi connectivity index (χ1n) is 8.64. The zero-order valence-electron chi connectivity index (χ0n) is 13.9. The predicted molar refractivity (Wildman–Crippen MR) is 94.5 cm³/mol. The number of hydrogen-bond donors (Lipinski definition) is 1. The van der Waals surface area contributed by atoms with Crippen LogP contribution < -0.4 is 5.32 Å². The van der Waals surface area contributed by atoms with E-state index in [1.807, 2.05) is 12.3 Å². The Morgan fingerprint density at radius 3 is 3.04 bits per heavy atom. The molecule has 1 amide bonds. The predicted octanol–water partition coefficient (Wildman–Crippen LogP) is 3.19. The van der Waals surface area contributed by atoms with E-state index in [1.165, 1.54) is 25.7 Å². The maximum absolute atomic E-state index is 12.8. The molecule has 0 aromatic carbocycles. The lowest BCUT2D eigenvalue weighted by Crippen LogP contribution is -2.49. The number of nitrogens with one attached hydrogen (secondary N) is 1. The largest absolute Gasteiger partial charge is 0.333 e. The zero-order valence-corrected chi connectivity index (χ0v) is 14.7. The van der Waals surface area contributed by atoms with Crippen molar-refractivity contribution in [2.75, 3.05) is 19.6 Å². The third kappa shape index (κ3) is 4.67. The Morgan fingerprint density at radius 2 is 2.30 bits per heavy atom. The molecule has 3 atom stereocenters. The molecule has 23 heavy (non-hydrogen) atoms. The Bertz CT molecular complexity index is 496. The molecular formula is C18H28ClN3O. The van der Waals surface area contributed by atoms with Crippen molar-refractivity contribution in [1.29, 1.82) is 0 Å². The summed E-state index contributed by atoms with van der Waals surface area (Å²) in [5.74, 6) is 1.69. The van der Waals surface area contributed by atoms with E-state index in [0.29, 0.717) is 11.8 Å². The van der Waals surface area contributed by atoms with E-state index in [1.54, 1.807) is 6.20 Å².